The second kappa shape index (κ2) is 10.8. The maximum absolute atomic E-state index is 10.4. The van der Waals surface area contributed by atoms with Gasteiger partial charge in [0.2, 0.25) is 0 Å². The molecule has 0 aromatic heterocycles. The first-order valence-electron chi connectivity index (χ1n) is 10.00. The molecule has 0 radical (unpaired) electrons. The molecule has 3 rings (SSSR count). The van der Waals surface area contributed by atoms with E-state index < -0.39 is 106 Å². The maximum atomic E-state index is 10.4. The van der Waals surface area contributed by atoms with Crippen molar-refractivity contribution in [2.45, 2.75) is 86.0 Å². The molecule has 3 heterocycles. The lowest BCUT2D eigenvalue weighted by Crippen LogP contribution is -2.62. The van der Waals surface area contributed by atoms with Gasteiger partial charge >= 0.3 is 0 Å². The highest BCUT2D eigenvalue weighted by Gasteiger charge is 2.51. The molecule has 15 nitrogen and oxygen atoms in total. The lowest BCUT2D eigenvalue weighted by atomic mass is 9.98. The van der Waals surface area contributed by atoms with Gasteiger partial charge in [-0.2, -0.15) is 0 Å². The molecule has 3 aliphatic rings. The summed E-state index contributed by atoms with van der Waals surface area (Å²) in [7, 11) is 0. The van der Waals surface area contributed by atoms with Gasteiger partial charge < -0.3 is 74.7 Å². The Kier molecular flexibility index (Phi) is 8.75. The fourth-order valence-electron chi connectivity index (χ4n) is 3.73. The molecule has 0 spiro atoms. The lowest BCUT2D eigenvalue weighted by Gasteiger charge is -2.43. The summed E-state index contributed by atoms with van der Waals surface area (Å²) in [5.74, 6) is 0. The van der Waals surface area contributed by atoms with Crippen LogP contribution in [0.1, 0.15) is 0 Å². The zero-order valence-corrected chi connectivity index (χ0v) is 16.7. The van der Waals surface area contributed by atoms with Crippen molar-refractivity contribution < 1.29 is 74.7 Å². The van der Waals surface area contributed by atoms with Crippen molar-refractivity contribution in [3.05, 3.63) is 0 Å². The van der Waals surface area contributed by atoms with E-state index in [1.54, 1.807) is 0 Å². The van der Waals surface area contributed by atoms with Crippen molar-refractivity contribution >= 4 is 0 Å². The van der Waals surface area contributed by atoms with Crippen LogP contribution in [-0.4, -0.2) is 157 Å². The molecule has 14 atom stereocenters. The average molecular weight is 474 g/mol. The number of aliphatic hydroxyl groups is 10. The monoisotopic (exact) mass is 474 g/mol. The summed E-state index contributed by atoms with van der Waals surface area (Å²) in [6.07, 6.45) is -21.8. The second-order valence-electron chi connectivity index (χ2n) is 7.88. The summed E-state index contributed by atoms with van der Waals surface area (Å²) in [5, 5.41) is 98.4. The van der Waals surface area contributed by atoms with Crippen molar-refractivity contribution in [2.75, 3.05) is 19.8 Å². The van der Waals surface area contributed by atoms with Crippen molar-refractivity contribution in [3.8, 4) is 0 Å². The standard InChI is InChI=1S/C17H30O15/c18-1-4-7(20)10(23)13(26)16(30-4)28-3-6-9(22)11(24)14(15(27)29-6)32-17-12(25)8(21)5(2-19)31-17/h4-27H,1-3H2/t4-,5+,6-,7-,8+,9-,10+,11+,12-,13+,14+,15-,16+,17+/m1/s1. The molecule has 0 unspecified atom stereocenters. The van der Waals surface area contributed by atoms with Crippen molar-refractivity contribution in [2.24, 2.45) is 0 Å². The number of hydrogen-bond donors (Lipinski definition) is 10. The van der Waals surface area contributed by atoms with Gasteiger partial charge in [-0.05, 0) is 0 Å². The molecule has 0 aromatic rings. The molecule has 32 heavy (non-hydrogen) atoms. The van der Waals surface area contributed by atoms with Gasteiger partial charge in [0.15, 0.2) is 18.9 Å². The molecule has 0 bridgehead atoms. The Morgan fingerprint density at radius 1 is 0.531 bits per heavy atom. The predicted octanol–water partition coefficient (Wildman–Crippen LogP) is -6.93. The van der Waals surface area contributed by atoms with E-state index in [4.69, 9.17) is 28.8 Å². The topological polar surface area (TPSA) is 248 Å². The molecule has 0 aromatic carbocycles. The zero-order valence-electron chi connectivity index (χ0n) is 16.7. The van der Waals surface area contributed by atoms with Crippen LogP contribution in [0, 0.1) is 0 Å². The van der Waals surface area contributed by atoms with Crippen LogP contribution in [0.2, 0.25) is 0 Å². The van der Waals surface area contributed by atoms with E-state index in [9.17, 15) is 46.0 Å². The van der Waals surface area contributed by atoms with Crippen LogP contribution in [0.15, 0.2) is 0 Å². The highest BCUT2D eigenvalue weighted by molar-refractivity contribution is 4.93. The molecule has 3 saturated heterocycles. The van der Waals surface area contributed by atoms with E-state index in [-0.39, 0.29) is 0 Å². The van der Waals surface area contributed by atoms with Crippen LogP contribution in [-0.2, 0) is 23.7 Å². The number of ether oxygens (including phenoxy) is 5. The van der Waals surface area contributed by atoms with Gasteiger partial charge in [0.1, 0.15) is 67.1 Å². The van der Waals surface area contributed by atoms with Gasteiger partial charge in [0.05, 0.1) is 19.8 Å². The zero-order chi connectivity index (χ0) is 23.7. The molecule has 188 valence electrons. The SMILES string of the molecule is OC[C@@H]1O[C@@H](O[C@H]2[C@@H](O)[C@H](O)[C@@H](CO[C@H]3O[C@H](CO)[C@@H](O)[C@H](O)[C@@H]3O)O[C@H]2O)[C@H](O)[C@H]1O. The summed E-state index contributed by atoms with van der Waals surface area (Å²) in [4.78, 5) is 0. The van der Waals surface area contributed by atoms with Crippen LogP contribution < -0.4 is 0 Å². The minimum Gasteiger partial charge on any atom is -0.394 e. The van der Waals surface area contributed by atoms with E-state index in [2.05, 4.69) is 0 Å². The Morgan fingerprint density at radius 3 is 1.62 bits per heavy atom. The molecule has 10 N–H and O–H groups in total. The molecular formula is C17H30O15. The predicted molar refractivity (Wildman–Crippen MR) is 95.2 cm³/mol. The third-order valence-corrected chi connectivity index (χ3v) is 5.73. The van der Waals surface area contributed by atoms with Gasteiger partial charge in [-0.15, -0.1) is 0 Å². The van der Waals surface area contributed by atoms with Crippen LogP contribution >= 0.6 is 0 Å². The Balaban J connectivity index is 1.57. The molecule has 0 aliphatic carbocycles. The van der Waals surface area contributed by atoms with Crippen LogP contribution in [0.25, 0.3) is 0 Å². The number of aliphatic hydroxyl groups excluding tert-OH is 10. The van der Waals surface area contributed by atoms with Gasteiger partial charge in [0.25, 0.3) is 0 Å². The summed E-state index contributed by atoms with van der Waals surface area (Å²) in [6, 6.07) is 0. The first-order valence-corrected chi connectivity index (χ1v) is 10.00. The second-order valence-corrected chi connectivity index (χ2v) is 7.88. The smallest absolute Gasteiger partial charge is 0.187 e. The van der Waals surface area contributed by atoms with E-state index in [1.165, 1.54) is 0 Å². The maximum Gasteiger partial charge on any atom is 0.187 e. The van der Waals surface area contributed by atoms with E-state index in [1.807, 2.05) is 0 Å². The van der Waals surface area contributed by atoms with Gasteiger partial charge in [-0.25, -0.2) is 0 Å². The number of rotatable bonds is 7. The first-order chi connectivity index (χ1) is 15.1. The average Bonchev–Trinajstić information content (AvgIpc) is 3.05. The summed E-state index contributed by atoms with van der Waals surface area (Å²) in [6.45, 7) is -1.85. The molecule has 15 heteroatoms. The minimum absolute atomic E-state index is 0.557. The van der Waals surface area contributed by atoms with Crippen molar-refractivity contribution in [3.63, 3.8) is 0 Å². The van der Waals surface area contributed by atoms with Crippen molar-refractivity contribution in [1.82, 2.24) is 0 Å². The summed E-state index contributed by atoms with van der Waals surface area (Å²) < 4.78 is 26.0. The summed E-state index contributed by atoms with van der Waals surface area (Å²) in [5.41, 5.74) is 0. The Morgan fingerprint density at radius 2 is 1.03 bits per heavy atom. The van der Waals surface area contributed by atoms with Crippen LogP contribution in [0.4, 0.5) is 0 Å². The lowest BCUT2D eigenvalue weighted by molar-refractivity contribution is -0.343. The summed E-state index contributed by atoms with van der Waals surface area (Å²) >= 11 is 0. The highest BCUT2D eigenvalue weighted by Crippen LogP contribution is 2.29. The molecule has 0 amide bonds. The third-order valence-electron chi connectivity index (χ3n) is 5.73. The fraction of sp³-hybridized carbons (Fsp3) is 1.00. The largest absolute Gasteiger partial charge is 0.394 e. The fourth-order valence-corrected chi connectivity index (χ4v) is 3.73. The Bertz CT molecular complexity index is 594. The molecular weight excluding hydrogens is 444 g/mol. The van der Waals surface area contributed by atoms with E-state index in [0.717, 1.165) is 0 Å². The molecule has 0 saturated carbocycles. The third kappa shape index (κ3) is 5.07. The quantitative estimate of drug-likeness (QED) is 0.165. The van der Waals surface area contributed by atoms with Gasteiger partial charge in [-0.3, -0.25) is 0 Å². The Labute approximate surface area is 181 Å². The van der Waals surface area contributed by atoms with Crippen molar-refractivity contribution in [1.29, 1.82) is 0 Å². The Hall–Kier alpha value is -0.600. The highest BCUT2D eigenvalue weighted by atomic mass is 16.7. The minimum atomic E-state index is -1.85. The van der Waals surface area contributed by atoms with Crippen LogP contribution in [0.3, 0.4) is 0 Å². The van der Waals surface area contributed by atoms with Gasteiger partial charge in [-0.1, -0.05) is 0 Å². The molecule has 3 aliphatic heterocycles. The number of hydrogen-bond acceptors (Lipinski definition) is 15. The van der Waals surface area contributed by atoms with E-state index >= 15 is 0 Å². The van der Waals surface area contributed by atoms with Gasteiger partial charge in [0, 0.05) is 0 Å². The molecule has 3 fully saturated rings. The normalized spacial score (nSPS) is 52.3. The van der Waals surface area contributed by atoms with Crippen LogP contribution in [0.5, 0.6) is 0 Å². The van der Waals surface area contributed by atoms with E-state index in [0.29, 0.717) is 0 Å². The first kappa shape index (κ1) is 26.0.